The van der Waals surface area contributed by atoms with Crippen LogP contribution in [0.1, 0.15) is 39.2 Å². The molecular formula is C22H28FN3O4. The summed E-state index contributed by atoms with van der Waals surface area (Å²) in [5, 5.41) is 9.20. The lowest BCUT2D eigenvalue weighted by Gasteiger charge is -2.33. The fraction of sp³-hybridized carbons (Fsp3) is 0.500. The molecule has 30 heavy (non-hydrogen) atoms. The van der Waals surface area contributed by atoms with Gasteiger partial charge in [0.15, 0.2) is 0 Å². The van der Waals surface area contributed by atoms with Gasteiger partial charge in [-0.2, -0.15) is 0 Å². The Bertz CT molecular complexity index is 860. The van der Waals surface area contributed by atoms with Crippen LogP contribution < -0.4 is 4.74 Å². The molecule has 162 valence electrons. The molecule has 2 aromatic rings. The van der Waals surface area contributed by atoms with E-state index in [9.17, 15) is 14.3 Å². The topological polar surface area (TPSA) is 84.8 Å². The second-order valence-electron chi connectivity index (χ2n) is 8.41. The van der Waals surface area contributed by atoms with Gasteiger partial charge in [-0.05, 0) is 39.5 Å². The predicted octanol–water partition coefficient (Wildman–Crippen LogP) is 3.80. The molecule has 2 heterocycles. The summed E-state index contributed by atoms with van der Waals surface area (Å²) >= 11 is 0. The van der Waals surface area contributed by atoms with Gasteiger partial charge in [0.05, 0.1) is 13.2 Å². The summed E-state index contributed by atoms with van der Waals surface area (Å²) in [5.41, 5.74) is 0.581. The summed E-state index contributed by atoms with van der Waals surface area (Å²) in [4.78, 5) is 22.2. The SMILES string of the molecule is CC(C)(C)OC(=O)N1CCC(COc2ncc(-c3cccc(CO)c3F)cn2)CC1. The zero-order chi connectivity index (χ0) is 21.7. The van der Waals surface area contributed by atoms with Crippen molar-refractivity contribution in [2.45, 2.75) is 45.8 Å². The van der Waals surface area contributed by atoms with Crippen molar-refractivity contribution in [3.8, 4) is 17.1 Å². The maximum atomic E-state index is 14.3. The molecule has 0 saturated carbocycles. The molecule has 7 nitrogen and oxygen atoms in total. The highest BCUT2D eigenvalue weighted by molar-refractivity contribution is 5.68. The smallest absolute Gasteiger partial charge is 0.410 e. The number of carbonyl (C=O) groups is 1. The molecule has 3 rings (SSSR count). The van der Waals surface area contributed by atoms with Crippen LogP contribution >= 0.6 is 0 Å². The van der Waals surface area contributed by atoms with Gasteiger partial charge in [0.2, 0.25) is 0 Å². The summed E-state index contributed by atoms with van der Waals surface area (Å²) in [7, 11) is 0. The van der Waals surface area contributed by atoms with Gasteiger partial charge >= 0.3 is 12.1 Å². The normalized spacial score (nSPS) is 15.2. The molecule has 0 atom stereocenters. The molecule has 8 heteroatoms. The highest BCUT2D eigenvalue weighted by Crippen LogP contribution is 2.25. The lowest BCUT2D eigenvalue weighted by atomic mass is 9.98. The number of aromatic nitrogens is 2. The van der Waals surface area contributed by atoms with E-state index in [0.717, 1.165) is 12.8 Å². The van der Waals surface area contributed by atoms with Gasteiger partial charge in [0.25, 0.3) is 0 Å². The van der Waals surface area contributed by atoms with Crippen molar-refractivity contribution in [1.82, 2.24) is 14.9 Å². The van der Waals surface area contributed by atoms with E-state index in [1.165, 1.54) is 18.5 Å². The average molecular weight is 417 g/mol. The minimum Gasteiger partial charge on any atom is -0.463 e. The van der Waals surface area contributed by atoms with E-state index in [1.54, 1.807) is 17.0 Å². The third kappa shape index (κ3) is 5.66. The van der Waals surface area contributed by atoms with Crippen LogP contribution in [0.4, 0.5) is 9.18 Å². The number of halogens is 1. The van der Waals surface area contributed by atoms with Crippen molar-refractivity contribution >= 4 is 6.09 Å². The Morgan fingerprint density at radius 3 is 2.50 bits per heavy atom. The fourth-order valence-corrected chi connectivity index (χ4v) is 3.26. The highest BCUT2D eigenvalue weighted by atomic mass is 19.1. The van der Waals surface area contributed by atoms with Crippen molar-refractivity contribution in [3.63, 3.8) is 0 Å². The molecule has 1 amide bonds. The van der Waals surface area contributed by atoms with Crippen molar-refractivity contribution in [1.29, 1.82) is 0 Å². The minimum absolute atomic E-state index is 0.227. The molecule has 1 saturated heterocycles. The number of benzene rings is 1. The number of ether oxygens (including phenoxy) is 2. The number of piperidine rings is 1. The molecular weight excluding hydrogens is 389 g/mol. The maximum Gasteiger partial charge on any atom is 0.410 e. The Morgan fingerprint density at radius 1 is 1.23 bits per heavy atom. The minimum atomic E-state index is -0.497. The van der Waals surface area contributed by atoms with E-state index in [1.807, 2.05) is 20.8 Å². The number of rotatable bonds is 5. The molecule has 1 aliphatic rings. The summed E-state index contributed by atoms with van der Waals surface area (Å²) in [5.74, 6) is -0.181. The quantitative estimate of drug-likeness (QED) is 0.797. The Kier molecular flexibility index (Phi) is 6.87. The van der Waals surface area contributed by atoms with E-state index in [-0.39, 0.29) is 24.3 Å². The number of hydrogen-bond acceptors (Lipinski definition) is 6. The van der Waals surface area contributed by atoms with Crippen molar-refractivity contribution in [3.05, 3.63) is 42.0 Å². The molecule has 1 aromatic carbocycles. The molecule has 0 unspecified atom stereocenters. The maximum absolute atomic E-state index is 14.3. The van der Waals surface area contributed by atoms with Crippen LogP contribution in [0.2, 0.25) is 0 Å². The molecule has 1 fully saturated rings. The van der Waals surface area contributed by atoms with Gasteiger partial charge < -0.3 is 19.5 Å². The first-order chi connectivity index (χ1) is 14.3. The van der Waals surface area contributed by atoms with Crippen LogP contribution in [0.3, 0.4) is 0 Å². The lowest BCUT2D eigenvalue weighted by Crippen LogP contribution is -2.42. The summed E-state index contributed by atoms with van der Waals surface area (Å²) < 4.78 is 25.5. The molecule has 1 aromatic heterocycles. The van der Waals surface area contributed by atoms with E-state index in [4.69, 9.17) is 9.47 Å². The van der Waals surface area contributed by atoms with Gasteiger partial charge in [-0.15, -0.1) is 0 Å². The third-order valence-electron chi connectivity index (χ3n) is 4.90. The number of aliphatic hydroxyl groups is 1. The van der Waals surface area contributed by atoms with E-state index in [0.29, 0.717) is 36.7 Å². The summed E-state index contributed by atoms with van der Waals surface area (Å²) in [6.45, 7) is 6.91. The summed E-state index contributed by atoms with van der Waals surface area (Å²) in [6.07, 6.45) is 4.37. The van der Waals surface area contributed by atoms with Crippen LogP contribution in [-0.4, -0.2) is 51.4 Å². The first-order valence-corrected chi connectivity index (χ1v) is 10.1. The molecule has 1 N–H and O–H groups in total. The highest BCUT2D eigenvalue weighted by Gasteiger charge is 2.27. The number of likely N-dealkylation sites (tertiary alicyclic amines) is 1. The Morgan fingerprint density at radius 2 is 1.90 bits per heavy atom. The first-order valence-electron chi connectivity index (χ1n) is 10.1. The van der Waals surface area contributed by atoms with E-state index >= 15 is 0 Å². The molecule has 0 bridgehead atoms. The van der Waals surface area contributed by atoms with E-state index < -0.39 is 11.4 Å². The molecule has 0 radical (unpaired) electrons. The summed E-state index contributed by atoms with van der Waals surface area (Å²) in [6, 6.07) is 5.06. The standard InChI is InChI=1S/C22H28FN3O4/c1-22(2,3)30-21(28)26-9-7-15(8-10-26)14-29-20-24-11-17(12-25-20)18-6-4-5-16(13-27)19(18)23/h4-6,11-12,15,27H,7-10,13-14H2,1-3H3. The molecule has 0 aliphatic carbocycles. The van der Waals surface area contributed by atoms with Crippen LogP contribution in [0.25, 0.3) is 11.1 Å². The number of hydrogen-bond donors (Lipinski definition) is 1. The second-order valence-corrected chi connectivity index (χ2v) is 8.41. The lowest BCUT2D eigenvalue weighted by molar-refractivity contribution is 0.0163. The van der Waals surface area contributed by atoms with Gasteiger partial charge in [0.1, 0.15) is 11.4 Å². The Hall–Kier alpha value is -2.74. The van der Waals surface area contributed by atoms with Crippen molar-refractivity contribution in [2.75, 3.05) is 19.7 Å². The van der Waals surface area contributed by atoms with Crippen LogP contribution in [0.5, 0.6) is 6.01 Å². The first kappa shape index (κ1) is 22.0. The Labute approximate surface area is 175 Å². The van der Waals surface area contributed by atoms with Gasteiger partial charge in [-0.3, -0.25) is 0 Å². The third-order valence-corrected chi connectivity index (χ3v) is 4.90. The van der Waals surface area contributed by atoms with Gasteiger partial charge in [-0.1, -0.05) is 18.2 Å². The number of nitrogens with zero attached hydrogens (tertiary/aromatic N) is 3. The van der Waals surface area contributed by atoms with Gasteiger partial charge in [-0.25, -0.2) is 19.2 Å². The zero-order valence-electron chi connectivity index (χ0n) is 17.6. The second kappa shape index (κ2) is 9.38. The monoisotopic (exact) mass is 417 g/mol. The number of aliphatic hydroxyl groups excluding tert-OH is 1. The van der Waals surface area contributed by atoms with Crippen molar-refractivity contribution < 1.29 is 23.8 Å². The number of amides is 1. The zero-order valence-corrected chi connectivity index (χ0v) is 17.6. The van der Waals surface area contributed by atoms with Crippen LogP contribution in [0.15, 0.2) is 30.6 Å². The molecule has 0 spiro atoms. The van der Waals surface area contributed by atoms with Gasteiger partial charge in [0, 0.05) is 42.2 Å². The predicted molar refractivity (Wildman–Crippen MR) is 109 cm³/mol. The van der Waals surface area contributed by atoms with E-state index in [2.05, 4.69) is 9.97 Å². The fourth-order valence-electron chi connectivity index (χ4n) is 3.26. The largest absolute Gasteiger partial charge is 0.463 e. The average Bonchev–Trinajstić information content (AvgIpc) is 2.72. The molecule has 1 aliphatic heterocycles. The Balaban J connectivity index is 1.50. The van der Waals surface area contributed by atoms with Crippen molar-refractivity contribution in [2.24, 2.45) is 5.92 Å². The van der Waals surface area contributed by atoms with Crippen LogP contribution in [0, 0.1) is 11.7 Å². The van der Waals surface area contributed by atoms with Crippen LogP contribution in [-0.2, 0) is 11.3 Å². The number of carbonyl (C=O) groups excluding carboxylic acids is 1.